The van der Waals surface area contributed by atoms with Gasteiger partial charge in [-0.1, -0.05) is 12.7 Å². The number of aliphatic carboxylic acids is 1. The Morgan fingerprint density at radius 2 is 2.10 bits per heavy atom. The predicted octanol–water partition coefficient (Wildman–Crippen LogP) is 2.33. The van der Waals surface area contributed by atoms with Gasteiger partial charge in [-0.15, -0.1) is 0 Å². The van der Waals surface area contributed by atoms with Gasteiger partial charge in [0.15, 0.2) is 0 Å². The van der Waals surface area contributed by atoms with E-state index in [9.17, 15) is 14.7 Å². The van der Waals surface area contributed by atoms with Crippen LogP contribution in [0.1, 0.15) is 30.1 Å². The summed E-state index contributed by atoms with van der Waals surface area (Å²) in [4.78, 5) is 25.4. The molecule has 0 radical (unpaired) electrons. The molecule has 1 aliphatic heterocycles. The van der Waals surface area contributed by atoms with Crippen LogP contribution in [0, 0.1) is 0 Å². The van der Waals surface area contributed by atoms with Crippen LogP contribution in [0.25, 0.3) is 0 Å². The van der Waals surface area contributed by atoms with Gasteiger partial charge in [-0.05, 0) is 44.0 Å². The monoisotopic (exact) mass is 289 g/mol. The van der Waals surface area contributed by atoms with Gasteiger partial charge in [-0.3, -0.25) is 4.79 Å². The molecule has 0 saturated carbocycles. The summed E-state index contributed by atoms with van der Waals surface area (Å²) in [6.07, 6.45) is 2.82. The maximum Gasteiger partial charge on any atom is 0.329 e. The van der Waals surface area contributed by atoms with Gasteiger partial charge in [0.25, 0.3) is 5.91 Å². The molecule has 0 aromatic heterocycles. The van der Waals surface area contributed by atoms with E-state index in [4.69, 9.17) is 4.74 Å². The standard InChI is InChI=1S/C16H19NO4/c1-3-11-21-13-7-5-12(6-8-13)14(18)17-10-4-9-16(17,2)15(19)20/h3,5-8H,1,4,9-11H2,2H3,(H,19,20). The minimum atomic E-state index is -1.12. The number of carboxylic acids is 1. The number of hydrogen-bond acceptors (Lipinski definition) is 3. The van der Waals surface area contributed by atoms with E-state index in [-0.39, 0.29) is 5.91 Å². The predicted molar refractivity (Wildman–Crippen MR) is 78.4 cm³/mol. The molecular formula is C16H19NO4. The highest BCUT2D eigenvalue weighted by atomic mass is 16.5. The van der Waals surface area contributed by atoms with Gasteiger partial charge in [-0.2, -0.15) is 0 Å². The highest BCUT2D eigenvalue weighted by Gasteiger charge is 2.46. The SMILES string of the molecule is C=CCOc1ccc(C(=O)N2CCCC2(C)C(=O)O)cc1. The molecule has 0 aliphatic carbocycles. The number of rotatable bonds is 5. The van der Waals surface area contributed by atoms with E-state index >= 15 is 0 Å². The number of hydrogen-bond donors (Lipinski definition) is 1. The second-order valence-electron chi connectivity index (χ2n) is 5.26. The van der Waals surface area contributed by atoms with Crippen LogP contribution >= 0.6 is 0 Å². The maximum atomic E-state index is 12.5. The number of benzene rings is 1. The number of nitrogens with zero attached hydrogens (tertiary/aromatic N) is 1. The van der Waals surface area contributed by atoms with Gasteiger partial charge in [0, 0.05) is 12.1 Å². The number of carboxylic acid groups (broad SMARTS) is 1. The van der Waals surface area contributed by atoms with Crippen LogP contribution in [0.15, 0.2) is 36.9 Å². The van der Waals surface area contributed by atoms with Gasteiger partial charge in [0.1, 0.15) is 17.9 Å². The van der Waals surface area contributed by atoms with Crippen molar-refractivity contribution >= 4 is 11.9 Å². The van der Waals surface area contributed by atoms with Crippen molar-refractivity contribution in [2.24, 2.45) is 0 Å². The van der Waals surface area contributed by atoms with Crippen molar-refractivity contribution in [3.8, 4) is 5.75 Å². The van der Waals surface area contributed by atoms with Crippen LogP contribution < -0.4 is 4.74 Å². The fourth-order valence-electron chi connectivity index (χ4n) is 2.52. The molecule has 1 atom stereocenters. The molecule has 5 heteroatoms. The minimum absolute atomic E-state index is 0.257. The lowest BCUT2D eigenvalue weighted by molar-refractivity contribution is -0.147. The molecule has 0 spiro atoms. The molecule has 5 nitrogen and oxygen atoms in total. The fraction of sp³-hybridized carbons (Fsp3) is 0.375. The maximum absolute atomic E-state index is 12.5. The first-order valence-corrected chi connectivity index (χ1v) is 6.88. The van der Waals surface area contributed by atoms with Gasteiger partial charge >= 0.3 is 5.97 Å². The molecule has 2 rings (SSSR count). The summed E-state index contributed by atoms with van der Waals surface area (Å²) in [7, 11) is 0. The molecule has 1 saturated heterocycles. The van der Waals surface area contributed by atoms with Crippen LogP contribution in [-0.4, -0.2) is 40.6 Å². The number of carbonyl (C=O) groups excluding carboxylic acids is 1. The summed E-state index contributed by atoms with van der Waals surface area (Å²) in [6, 6.07) is 6.71. The molecular weight excluding hydrogens is 270 g/mol. The van der Waals surface area contributed by atoms with Crippen LogP contribution in [0.2, 0.25) is 0 Å². The zero-order chi connectivity index (χ0) is 15.5. The Morgan fingerprint density at radius 1 is 1.43 bits per heavy atom. The van der Waals surface area contributed by atoms with Gasteiger partial charge < -0.3 is 14.7 Å². The molecule has 0 bridgehead atoms. The normalized spacial score (nSPS) is 21.1. The first-order valence-electron chi connectivity index (χ1n) is 6.88. The summed E-state index contributed by atoms with van der Waals surface area (Å²) in [5, 5.41) is 9.36. The molecule has 21 heavy (non-hydrogen) atoms. The average Bonchev–Trinajstić information content (AvgIpc) is 2.88. The van der Waals surface area contributed by atoms with Crippen molar-refractivity contribution in [3.63, 3.8) is 0 Å². The molecule has 1 aromatic carbocycles. The molecule has 1 amide bonds. The smallest absolute Gasteiger partial charge is 0.329 e. The van der Waals surface area contributed by atoms with E-state index in [0.717, 1.165) is 0 Å². The highest BCUT2D eigenvalue weighted by Crippen LogP contribution is 2.31. The summed E-state index contributed by atoms with van der Waals surface area (Å²) in [5.41, 5.74) is -0.648. The fourth-order valence-corrected chi connectivity index (χ4v) is 2.52. The number of carbonyl (C=O) groups is 2. The lowest BCUT2D eigenvalue weighted by atomic mass is 9.98. The second kappa shape index (κ2) is 5.99. The van der Waals surface area contributed by atoms with E-state index in [2.05, 4.69) is 6.58 Å². The molecule has 1 aromatic rings. The van der Waals surface area contributed by atoms with E-state index in [1.165, 1.54) is 4.90 Å². The van der Waals surface area contributed by atoms with Gasteiger partial charge in [-0.25, -0.2) is 4.79 Å². The van der Waals surface area contributed by atoms with Crippen LogP contribution in [0.3, 0.4) is 0 Å². The Hall–Kier alpha value is -2.30. The molecule has 1 fully saturated rings. The van der Waals surface area contributed by atoms with Crippen molar-refractivity contribution in [1.29, 1.82) is 0 Å². The first-order chi connectivity index (χ1) is 9.99. The van der Waals surface area contributed by atoms with E-state index < -0.39 is 11.5 Å². The summed E-state index contributed by atoms with van der Waals surface area (Å²) >= 11 is 0. The first kappa shape index (κ1) is 15.1. The lowest BCUT2D eigenvalue weighted by Crippen LogP contribution is -2.50. The van der Waals surface area contributed by atoms with Crippen molar-refractivity contribution in [3.05, 3.63) is 42.5 Å². The van der Waals surface area contributed by atoms with Crippen molar-refractivity contribution < 1.29 is 19.4 Å². The second-order valence-corrected chi connectivity index (χ2v) is 5.26. The zero-order valence-corrected chi connectivity index (χ0v) is 12.0. The minimum Gasteiger partial charge on any atom is -0.490 e. The number of amides is 1. The van der Waals surface area contributed by atoms with Crippen molar-refractivity contribution in [2.75, 3.05) is 13.2 Å². The molecule has 1 unspecified atom stereocenters. The summed E-state index contributed by atoms with van der Waals surface area (Å²) in [5.74, 6) is -0.569. The third kappa shape index (κ3) is 2.91. The van der Waals surface area contributed by atoms with Gasteiger partial charge in [0.2, 0.25) is 0 Å². The largest absolute Gasteiger partial charge is 0.490 e. The lowest BCUT2D eigenvalue weighted by Gasteiger charge is -2.31. The van der Waals surface area contributed by atoms with E-state index in [1.807, 2.05) is 0 Å². The molecule has 1 heterocycles. The van der Waals surface area contributed by atoms with E-state index in [1.54, 1.807) is 37.3 Å². The van der Waals surface area contributed by atoms with Crippen LogP contribution in [-0.2, 0) is 4.79 Å². The van der Waals surface area contributed by atoms with Crippen molar-refractivity contribution in [2.45, 2.75) is 25.3 Å². The van der Waals surface area contributed by atoms with Crippen LogP contribution in [0.4, 0.5) is 0 Å². The number of likely N-dealkylation sites (tertiary alicyclic amines) is 1. The Balaban J connectivity index is 2.16. The third-order valence-corrected chi connectivity index (χ3v) is 3.82. The summed E-state index contributed by atoms with van der Waals surface area (Å²) < 4.78 is 5.36. The topological polar surface area (TPSA) is 66.8 Å². The van der Waals surface area contributed by atoms with Gasteiger partial charge in [0.05, 0.1) is 0 Å². The van der Waals surface area contributed by atoms with Crippen molar-refractivity contribution in [1.82, 2.24) is 4.90 Å². The van der Waals surface area contributed by atoms with Crippen LogP contribution in [0.5, 0.6) is 5.75 Å². The summed E-state index contributed by atoms with van der Waals surface area (Å²) in [6.45, 7) is 6.03. The quantitative estimate of drug-likeness (QED) is 0.845. The Kier molecular flexibility index (Phi) is 4.31. The third-order valence-electron chi connectivity index (χ3n) is 3.82. The average molecular weight is 289 g/mol. The Bertz CT molecular complexity index is 552. The Morgan fingerprint density at radius 3 is 2.67 bits per heavy atom. The number of ether oxygens (including phenoxy) is 1. The molecule has 1 N–H and O–H groups in total. The molecule has 112 valence electrons. The molecule has 1 aliphatic rings. The Labute approximate surface area is 123 Å². The van der Waals surface area contributed by atoms with E-state index in [0.29, 0.717) is 37.3 Å². The zero-order valence-electron chi connectivity index (χ0n) is 12.0. The highest BCUT2D eigenvalue weighted by molar-refractivity contribution is 5.98.